The lowest BCUT2D eigenvalue weighted by Crippen LogP contribution is -2.14. The van der Waals surface area contributed by atoms with Gasteiger partial charge in [-0.15, -0.1) is 10.2 Å². The number of thioether (sulfide) groups is 1. The number of rotatable bonds is 6. The molecule has 0 unspecified atom stereocenters. The first kappa shape index (κ1) is 18.9. The Morgan fingerprint density at radius 2 is 1.63 bits per heavy atom. The average Bonchev–Trinajstić information content (AvgIpc) is 3.11. The number of nitrogens with zero attached hydrogens (tertiary/aromatic N) is 2. The molecule has 0 aliphatic rings. The van der Waals surface area contributed by atoms with Crippen LogP contribution in [-0.4, -0.2) is 27.8 Å². The molecule has 0 saturated heterocycles. The van der Waals surface area contributed by atoms with Crippen LogP contribution in [0.4, 0.5) is 11.4 Å². The van der Waals surface area contributed by atoms with E-state index in [9.17, 15) is 9.59 Å². The van der Waals surface area contributed by atoms with E-state index in [1.165, 1.54) is 6.92 Å². The molecule has 0 atom stereocenters. The van der Waals surface area contributed by atoms with Gasteiger partial charge in [-0.05, 0) is 48.5 Å². The number of hydrogen-bond acceptors (Lipinski definition) is 6. The van der Waals surface area contributed by atoms with Gasteiger partial charge in [0.2, 0.25) is 17.7 Å². The molecule has 0 spiro atoms. The predicted octanol–water partition coefficient (Wildman–Crippen LogP) is 4.08. The number of hydrogen-bond donors (Lipinski definition) is 2. The zero-order valence-corrected chi connectivity index (χ0v) is 15.8. The van der Waals surface area contributed by atoms with Crippen molar-refractivity contribution in [1.29, 1.82) is 0 Å². The van der Waals surface area contributed by atoms with Crippen LogP contribution in [0, 0.1) is 0 Å². The monoisotopic (exact) mass is 402 g/mol. The molecule has 0 fully saturated rings. The molecule has 0 aliphatic heterocycles. The van der Waals surface area contributed by atoms with Crippen LogP contribution in [-0.2, 0) is 9.59 Å². The molecule has 0 bridgehead atoms. The SMILES string of the molecule is CC(=O)Nc1ccc(NC(=O)CSc2nnc(-c3ccc(Cl)cc3)o2)cc1. The molecule has 2 amide bonds. The Morgan fingerprint density at radius 1 is 1.00 bits per heavy atom. The lowest BCUT2D eigenvalue weighted by Gasteiger charge is -2.06. The first-order chi connectivity index (χ1) is 13.0. The summed E-state index contributed by atoms with van der Waals surface area (Å²) in [5, 5.41) is 14.2. The Kier molecular flexibility index (Phi) is 6.10. The highest BCUT2D eigenvalue weighted by atomic mass is 35.5. The minimum absolute atomic E-state index is 0.121. The molecular formula is C18H15ClN4O3S. The summed E-state index contributed by atoms with van der Waals surface area (Å²) >= 11 is 7.00. The number of benzene rings is 2. The second kappa shape index (κ2) is 8.70. The Morgan fingerprint density at radius 3 is 2.26 bits per heavy atom. The molecule has 9 heteroatoms. The van der Waals surface area contributed by atoms with Crippen LogP contribution in [0.25, 0.3) is 11.5 Å². The van der Waals surface area contributed by atoms with Crippen molar-refractivity contribution < 1.29 is 14.0 Å². The number of carbonyl (C=O) groups excluding carboxylic acids is 2. The van der Waals surface area contributed by atoms with E-state index in [0.29, 0.717) is 27.5 Å². The number of carbonyl (C=O) groups is 2. The number of nitrogens with one attached hydrogen (secondary N) is 2. The molecule has 3 aromatic rings. The maximum absolute atomic E-state index is 12.1. The summed E-state index contributed by atoms with van der Waals surface area (Å²) in [6.07, 6.45) is 0. The standard InChI is InChI=1S/C18H15ClN4O3S/c1-11(24)20-14-6-8-15(9-7-14)21-16(25)10-27-18-23-22-17(26-18)12-2-4-13(19)5-3-12/h2-9H,10H2,1H3,(H,20,24)(H,21,25). The van der Waals surface area contributed by atoms with Gasteiger partial charge in [0.25, 0.3) is 5.22 Å². The summed E-state index contributed by atoms with van der Waals surface area (Å²) in [5.41, 5.74) is 2.04. The second-order valence-electron chi connectivity index (χ2n) is 5.48. The largest absolute Gasteiger partial charge is 0.411 e. The summed E-state index contributed by atoms with van der Waals surface area (Å²) in [6, 6.07) is 13.9. The molecule has 1 heterocycles. The van der Waals surface area contributed by atoms with Gasteiger partial charge < -0.3 is 15.1 Å². The van der Waals surface area contributed by atoms with E-state index in [0.717, 1.165) is 17.3 Å². The highest BCUT2D eigenvalue weighted by molar-refractivity contribution is 7.99. The highest BCUT2D eigenvalue weighted by Crippen LogP contribution is 2.24. The van der Waals surface area contributed by atoms with E-state index in [2.05, 4.69) is 20.8 Å². The van der Waals surface area contributed by atoms with Crippen LogP contribution in [0.2, 0.25) is 5.02 Å². The van der Waals surface area contributed by atoms with Crippen molar-refractivity contribution in [2.75, 3.05) is 16.4 Å². The zero-order chi connectivity index (χ0) is 19.2. The molecule has 1 aromatic heterocycles. The van der Waals surface area contributed by atoms with Crippen molar-refractivity contribution in [3.8, 4) is 11.5 Å². The van der Waals surface area contributed by atoms with Crippen molar-refractivity contribution in [1.82, 2.24) is 10.2 Å². The third-order valence-corrected chi connectivity index (χ3v) is 4.38. The molecule has 0 radical (unpaired) electrons. The lowest BCUT2D eigenvalue weighted by molar-refractivity contribution is -0.114. The first-order valence-electron chi connectivity index (χ1n) is 7.89. The predicted molar refractivity (Wildman–Crippen MR) is 105 cm³/mol. The van der Waals surface area contributed by atoms with E-state index >= 15 is 0 Å². The zero-order valence-electron chi connectivity index (χ0n) is 14.2. The molecule has 0 saturated carbocycles. The van der Waals surface area contributed by atoms with Crippen molar-refractivity contribution in [2.24, 2.45) is 0 Å². The molecule has 3 rings (SSSR count). The molecular weight excluding hydrogens is 388 g/mol. The fourth-order valence-corrected chi connectivity index (χ4v) is 2.83. The van der Waals surface area contributed by atoms with Crippen LogP contribution in [0.5, 0.6) is 0 Å². The molecule has 7 nitrogen and oxygen atoms in total. The van der Waals surface area contributed by atoms with Gasteiger partial charge in [-0.2, -0.15) is 0 Å². The van der Waals surface area contributed by atoms with Gasteiger partial charge >= 0.3 is 0 Å². The first-order valence-corrected chi connectivity index (χ1v) is 9.26. The van der Waals surface area contributed by atoms with Crippen molar-refractivity contribution in [2.45, 2.75) is 12.1 Å². The van der Waals surface area contributed by atoms with Gasteiger partial charge in [-0.1, -0.05) is 23.4 Å². The Balaban J connectivity index is 1.52. The average molecular weight is 403 g/mol. The lowest BCUT2D eigenvalue weighted by atomic mass is 10.2. The van der Waals surface area contributed by atoms with E-state index < -0.39 is 0 Å². The number of amides is 2. The maximum atomic E-state index is 12.1. The van der Waals surface area contributed by atoms with Crippen LogP contribution in [0.15, 0.2) is 58.2 Å². The van der Waals surface area contributed by atoms with Gasteiger partial charge in [0.1, 0.15) is 0 Å². The fourth-order valence-electron chi connectivity index (χ4n) is 2.14. The smallest absolute Gasteiger partial charge is 0.277 e. The highest BCUT2D eigenvalue weighted by Gasteiger charge is 2.11. The van der Waals surface area contributed by atoms with Gasteiger partial charge in [0, 0.05) is 28.9 Å². The minimum atomic E-state index is -0.210. The van der Waals surface area contributed by atoms with Gasteiger partial charge in [0.05, 0.1) is 5.75 Å². The van der Waals surface area contributed by atoms with Crippen LogP contribution in [0.1, 0.15) is 6.92 Å². The van der Waals surface area contributed by atoms with Crippen molar-refractivity contribution in [3.05, 3.63) is 53.6 Å². The summed E-state index contributed by atoms with van der Waals surface area (Å²) < 4.78 is 5.54. The summed E-state index contributed by atoms with van der Waals surface area (Å²) in [6.45, 7) is 1.43. The fraction of sp³-hybridized carbons (Fsp3) is 0.111. The summed E-state index contributed by atoms with van der Waals surface area (Å²) in [4.78, 5) is 23.1. The Bertz CT molecular complexity index is 942. The number of halogens is 1. The van der Waals surface area contributed by atoms with E-state index in [1.807, 2.05) is 0 Å². The van der Waals surface area contributed by atoms with Crippen molar-refractivity contribution >= 4 is 46.6 Å². The third-order valence-electron chi connectivity index (χ3n) is 3.31. The van der Waals surface area contributed by atoms with Gasteiger partial charge in [-0.3, -0.25) is 9.59 Å². The molecule has 0 aliphatic carbocycles. The molecule has 27 heavy (non-hydrogen) atoms. The van der Waals surface area contributed by atoms with E-state index in [-0.39, 0.29) is 17.6 Å². The normalized spacial score (nSPS) is 10.4. The summed E-state index contributed by atoms with van der Waals surface area (Å²) in [7, 11) is 0. The van der Waals surface area contributed by atoms with Gasteiger partial charge in [-0.25, -0.2) is 0 Å². The Hall–Kier alpha value is -2.84. The second-order valence-corrected chi connectivity index (χ2v) is 6.84. The van der Waals surface area contributed by atoms with Gasteiger partial charge in [0.15, 0.2) is 0 Å². The number of anilines is 2. The third kappa shape index (κ3) is 5.57. The minimum Gasteiger partial charge on any atom is -0.411 e. The summed E-state index contributed by atoms with van der Waals surface area (Å²) in [5.74, 6) is 0.123. The maximum Gasteiger partial charge on any atom is 0.277 e. The quantitative estimate of drug-likeness (QED) is 0.603. The topological polar surface area (TPSA) is 97.1 Å². The van der Waals surface area contributed by atoms with Crippen molar-refractivity contribution in [3.63, 3.8) is 0 Å². The molecule has 138 valence electrons. The number of aromatic nitrogens is 2. The molecule has 2 N–H and O–H groups in total. The van der Waals surface area contributed by atoms with E-state index in [1.54, 1.807) is 48.5 Å². The Labute approximate surface area is 164 Å². The van der Waals surface area contributed by atoms with Crippen LogP contribution in [0.3, 0.4) is 0 Å². The van der Waals surface area contributed by atoms with Crippen LogP contribution < -0.4 is 10.6 Å². The van der Waals surface area contributed by atoms with Crippen LogP contribution >= 0.6 is 23.4 Å². The molecule has 2 aromatic carbocycles. The van der Waals surface area contributed by atoms with E-state index in [4.69, 9.17) is 16.0 Å².